The summed E-state index contributed by atoms with van der Waals surface area (Å²) in [6.07, 6.45) is 5.43. The van der Waals surface area contributed by atoms with Gasteiger partial charge in [0, 0.05) is 28.9 Å². The van der Waals surface area contributed by atoms with E-state index in [1.54, 1.807) is 18.2 Å². The number of aliphatic hydroxyl groups is 2. The fourth-order valence-electron chi connectivity index (χ4n) is 3.05. The lowest BCUT2D eigenvalue weighted by molar-refractivity contribution is -0.0980. The van der Waals surface area contributed by atoms with Gasteiger partial charge in [-0.1, -0.05) is 48.8 Å². The second kappa shape index (κ2) is 18.0. The third kappa shape index (κ3) is 12.6. The number of halogens is 3. The molecule has 1 aliphatic rings. The normalized spacial score (nSPS) is 21.7. The number of benzene rings is 1. The molecule has 1 saturated heterocycles. The molecule has 1 aliphatic heterocycles. The van der Waals surface area contributed by atoms with E-state index < -0.39 is 11.4 Å². The molecule has 10 heteroatoms. The van der Waals surface area contributed by atoms with E-state index in [4.69, 9.17) is 44.6 Å². The average Bonchev–Trinajstić information content (AvgIpc) is 3.09. The number of hydrogen-bond donors (Lipinski definition) is 4. The van der Waals surface area contributed by atoms with E-state index in [0.717, 1.165) is 12.8 Å². The number of nitrogens with zero attached hydrogens (tertiary/aromatic N) is 1. The van der Waals surface area contributed by atoms with Gasteiger partial charge in [0.15, 0.2) is 0 Å². The molecule has 1 aromatic rings. The predicted molar refractivity (Wildman–Crippen MR) is 139 cm³/mol. The van der Waals surface area contributed by atoms with E-state index in [2.05, 4.69) is 13.5 Å². The van der Waals surface area contributed by atoms with Gasteiger partial charge in [0.1, 0.15) is 12.6 Å². The smallest absolute Gasteiger partial charge is 0.116 e. The molecule has 0 aliphatic carbocycles. The number of nitrogens with two attached hydrogens (primary N) is 2. The molecule has 6 N–H and O–H groups in total. The number of nitrogen functional groups attached to an aromatic ring is 1. The number of hydrogen-bond acceptors (Lipinski definition) is 7. The number of anilines is 1. The van der Waals surface area contributed by atoms with Crippen molar-refractivity contribution >= 4 is 47.4 Å². The molecular formula is C23H34Cl2FN3O3S. The molecule has 186 valence electrons. The van der Waals surface area contributed by atoms with E-state index >= 15 is 0 Å². The average molecular weight is 523 g/mol. The predicted octanol–water partition coefficient (Wildman–Crippen LogP) is 4.32. The van der Waals surface area contributed by atoms with Gasteiger partial charge in [0.25, 0.3) is 0 Å². The van der Waals surface area contributed by atoms with Crippen LogP contribution < -0.4 is 11.5 Å². The van der Waals surface area contributed by atoms with Crippen LogP contribution in [0.5, 0.6) is 0 Å². The number of rotatable bonds is 9. The van der Waals surface area contributed by atoms with Crippen molar-refractivity contribution in [1.82, 2.24) is 4.90 Å². The Morgan fingerprint density at radius 2 is 2.06 bits per heavy atom. The molecule has 0 amide bonds. The summed E-state index contributed by atoms with van der Waals surface area (Å²) < 4.78 is 14.3. The van der Waals surface area contributed by atoms with Crippen LogP contribution in [0.4, 0.5) is 10.1 Å². The van der Waals surface area contributed by atoms with Crippen LogP contribution in [0, 0.1) is 5.92 Å². The van der Waals surface area contributed by atoms with Gasteiger partial charge >= 0.3 is 0 Å². The van der Waals surface area contributed by atoms with Crippen LogP contribution in [0.3, 0.4) is 0 Å². The molecule has 1 aromatic carbocycles. The van der Waals surface area contributed by atoms with Crippen molar-refractivity contribution in [2.75, 3.05) is 25.5 Å². The minimum Gasteiger partial charge on any atom is -0.399 e. The van der Waals surface area contributed by atoms with Crippen molar-refractivity contribution in [3.8, 4) is 0 Å². The summed E-state index contributed by atoms with van der Waals surface area (Å²) in [5.41, 5.74) is 12.3. The highest BCUT2D eigenvalue weighted by molar-refractivity contribution is 8.01. The number of carbonyl (C=O) groups is 1. The summed E-state index contributed by atoms with van der Waals surface area (Å²) in [5, 5.41) is 18.7. The molecule has 3 unspecified atom stereocenters. The highest BCUT2D eigenvalue weighted by Crippen LogP contribution is 2.38. The zero-order chi connectivity index (χ0) is 25.4. The molecule has 0 radical (unpaired) electrons. The van der Waals surface area contributed by atoms with Crippen molar-refractivity contribution in [3.05, 3.63) is 65.0 Å². The summed E-state index contributed by atoms with van der Waals surface area (Å²) >= 11 is 12.5. The lowest BCUT2D eigenvalue weighted by Crippen LogP contribution is -2.48. The minimum absolute atomic E-state index is 0.0802. The van der Waals surface area contributed by atoms with E-state index in [1.807, 2.05) is 17.8 Å². The Kier molecular flexibility index (Phi) is 17.2. The SMILES string of the molecule is C=C(Cl)/C=C\C=C(/F)C1S[C@H](CO)N(CC(C)CCCO)C1N.C=O.Nc1cccc(Cl)c1. The van der Waals surface area contributed by atoms with Crippen molar-refractivity contribution in [2.24, 2.45) is 11.7 Å². The highest BCUT2D eigenvalue weighted by atomic mass is 35.5. The van der Waals surface area contributed by atoms with Gasteiger partial charge in [-0.15, -0.1) is 11.8 Å². The van der Waals surface area contributed by atoms with Crippen LogP contribution in [0.15, 0.2) is 59.9 Å². The quantitative estimate of drug-likeness (QED) is 0.282. The Labute approximate surface area is 210 Å². The number of aliphatic hydroxyl groups excluding tert-OH is 2. The molecule has 0 spiro atoms. The second-order valence-corrected chi connectivity index (χ2v) is 9.51. The highest BCUT2D eigenvalue weighted by Gasteiger charge is 2.41. The van der Waals surface area contributed by atoms with Gasteiger partial charge in [-0.3, -0.25) is 4.90 Å². The van der Waals surface area contributed by atoms with Crippen LogP contribution in [0.25, 0.3) is 0 Å². The van der Waals surface area contributed by atoms with Crippen LogP contribution in [0.2, 0.25) is 5.02 Å². The van der Waals surface area contributed by atoms with E-state index in [-0.39, 0.29) is 24.4 Å². The van der Waals surface area contributed by atoms with Gasteiger partial charge < -0.3 is 26.5 Å². The largest absolute Gasteiger partial charge is 0.399 e. The first-order valence-corrected chi connectivity index (χ1v) is 12.0. The third-order valence-corrected chi connectivity index (χ3v) is 6.45. The lowest BCUT2D eigenvalue weighted by Gasteiger charge is -2.29. The summed E-state index contributed by atoms with van der Waals surface area (Å²) in [5.74, 6) is -0.0336. The molecule has 4 atom stereocenters. The van der Waals surface area contributed by atoms with Gasteiger partial charge in [-0.25, -0.2) is 4.39 Å². The molecule has 2 rings (SSSR count). The number of allylic oxidation sites excluding steroid dienone is 4. The standard InChI is InChI=1S/C16H26ClFN2O2S.C6H6ClN.CH2O/c1-11(5-4-8-21)9-20-14(10-22)23-15(16(20)19)13(18)7-3-6-12(2)17;7-5-2-1-3-6(8)4-5;1-2/h3,6-7,11,14-16,21-22H,2,4-5,8-10,19H2,1H3;1-4H,8H2;1H2/b6-3-,13-7-;;/t11?,14-,15?,16?;;/m1../s1. The molecular weight excluding hydrogens is 488 g/mol. The summed E-state index contributed by atoms with van der Waals surface area (Å²) in [6.45, 7) is 8.31. The number of carbonyl (C=O) groups excluding carboxylic acids is 1. The van der Waals surface area contributed by atoms with Crippen LogP contribution in [-0.4, -0.2) is 58.5 Å². The van der Waals surface area contributed by atoms with E-state index in [1.165, 1.54) is 30.0 Å². The Morgan fingerprint density at radius 1 is 1.39 bits per heavy atom. The van der Waals surface area contributed by atoms with Crippen molar-refractivity contribution in [3.63, 3.8) is 0 Å². The summed E-state index contributed by atoms with van der Waals surface area (Å²) in [7, 11) is 0. The first-order chi connectivity index (χ1) is 15.7. The fourth-order valence-corrected chi connectivity index (χ4v) is 4.65. The van der Waals surface area contributed by atoms with Crippen LogP contribution in [-0.2, 0) is 4.79 Å². The van der Waals surface area contributed by atoms with E-state index in [0.29, 0.717) is 28.2 Å². The Morgan fingerprint density at radius 3 is 2.55 bits per heavy atom. The third-order valence-electron chi connectivity index (χ3n) is 4.55. The maximum Gasteiger partial charge on any atom is 0.116 e. The fraction of sp³-hybridized carbons (Fsp3) is 0.435. The molecule has 33 heavy (non-hydrogen) atoms. The first kappa shape index (κ1) is 31.6. The molecule has 6 nitrogen and oxygen atoms in total. The molecule has 1 fully saturated rings. The second-order valence-electron chi connectivity index (χ2n) is 7.26. The van der Waals surface area contributed by atoms with E-state index in [9.17, 15) is 9.50 Å². The zero-order valence-corrected chi connectivity index (χ0v) is 21.1. The van der Waals surface area contributed by atoms with Crippen LogP contribution in [0.1, 0.15) is 19.8 Å². The van der Waals surface area contributed by atoms with Gasteiger partial charge in [-0.2, -0.15) is 0 Å². The lowest BCUT2D eigenvalue weighted by atomic mass is 10.0. The van der Waals surface area contributed by atoms with Gasteiger partial charge in [0.2, 0.25) is 0 Å². The first-order valence-electron chi connectivity index (χ1n) is 10.3. The van der Waals surface area contributed by atoms with Crippen LogP contribution >= 0.6 is 35.0 Å². The van der Waals surface area contributed by atoms with Crippen molar-refractivity contribution < 1.29 is 19.4 Å². The maximum absolute atomic E-state index is 14.3. The molecule has 1 heterocycles. The minimum atomic E-state index is -0.523. The van der Waals surface area contributed by atoms with Crippen molar-refractivity contribution in [2.45, 2.75) is 36.6 Å². The number of thioether (sulfide) groups is 1. The Hall–Kier alpha value is -1.39. The molecule has 0 aromatic heterocycles. The Balaban J connectivity index is 0.000000849. The molecule has 0 saturated carbocycles. The topological polar surface area (TPSA) is 113 Å². The van der Waals surface area contributed by atoms with Gasteiger partial charge in [0.05, 0.1) is 23.4 Å². The Bertz CT molecular complexity index is 753. The van der Waals surface area contributed by atoms with Crippen molar-refractivity contribution in [1.29, 1.82) is 0 Å². The molecule has 0 bridgehead atoms. The maximum atomic E-state index is 14.3. The van der Waals surface area contributed by atoms with Gasteiger partial charge in [-0.05, 0) is 49.1 Å². The monoisotopic (exact) mass is 521 g/mol. The summed E-state index contributed by atoms with van der Waals surface area (Å²) in [6, 6.07) is 7.11. The summed E-state index contributed by atoms with van der Waals surface area (Å²) in [4.78, 5) is 9.94. The zero-order valence-electron chi connectivity index (χ0n) is 18.7.